The second-order valence-corrected chi connectivity index (χ2v) is 5.69. The third-order valence-corrected chi connectivity index (χ3v) is 2.81. The van der Waals surface area contributed by atoms with Gasteiger partial charge in [-0.1, -0.05) is 13.8 Å². The van der Waals surface area contributed by atoms with E-state index in [0.717, 1.165) is 18.1 Å². The molecule has 0 saturated heterocycles. The maximum absolute atomic E-state index is 9.18. The van der Waals surface area contributed by atoms with Crippen molar-refractivity contribution in [3.63, 3.8) is 0 Å². The third kappa shape index (κ3) is 3.35. The van der Waals surface area contributed by atoms with Crippen LogP contribution in [0.1, 0.15) is 39.2 Å². The summed E-state index contributed by atoms with van der Waals surface area (Å²) in [5.74, 6) is 1.91. The summed E-state index contributed by atoms with van der Waals surface area (Å²) in [5, 5.41) is 12.5. The summed E-state index contributed by atoms with van der Waals surface area (Å²) in [7, 11) is 0. The van der Waals surface area contributed by atoms with Crippen LogP contribution in [0.25, 0.3) is 0 Å². The van der Waals surface area contributed by atoms with Gasteiger partial charge in [-0.2, -0.15) is 0 Å². The van der Waals surface area contributed by atoms with Crippen LogP contribution in [0.2, 0.25) is 0 Å². The lowest BCUT2D eigenvalue weighted by Gasteiger charge is -2.30. The molecular formula is C13H23NO2. The zero-order valence-electron chi connectivity index (χ0n) is 10.9. The number of furan rings is 1. The van der Waals surface area contributed by atoms with E-state index in [1.54, 1.807) is 0 Å². The van der Waals surface area contributed by atoms with Crippen molar-refractivity contribution in [2.24, 2.45) is 0 Å². The van der Waals surface area contributed by atoms with Gasteiger partial charge < -0.3 is 14.8 Å². The van der Waals surface area contributed by atoms with E-state index in [1.165, 1.54) is 0 Å². The van der Waals surface area contributed by atoms with Gasteiger partial charge in [0.25, 0.3) is 0 Å². The van der Waals surface area contributed by atoms with Gasteiger partial charge in [0.05, 0.1) is 6.61 Å². The van der Waals surface area contributed by atoms with Crippen LogP contribution in [-0.4, -0.2) is 23.8 Å². The van der Waals surface area contributed by atoms with Crippen LogP contribution in [-0.2, 0) is 5.41 Å². The summed E-state index contributed by atoms with van der Waals surface area (Å²) in [6, 6.07) is 4.00. The average Bonchev–Trinajstić information content (AvgIpc) is 2.63. The third-order valence-electron chi connectivity index (χ3n) is 2.81. The molecule has 1 rings (SSSR count). The van der Waals surface area contributed by atoms with E-state index in [-0.39, 0.29) is 17.6 Å². The van der Waals surface area contributed by atoms with Crippen LogP contribution in [0.5, 0.6) is 0 Å². The quantitative estimate of drug-likeness (QED) is 0.807. The van der Waals surface area contributed by atoms with Gasteiger partial charge >= 0.3 is 0 Å². The Morgan fingerprint density at radius 2 is 1.88 bits per heavy atom. The fourth-order valence-corrected chi connectivity index (χ4v) is 1.40. The standard InChI is InChI=1S/C13H23NO2/c1-10-6-7-11(16-10)12(2,3)8-14-13(4,5)9-15/h6-7,14-15H,8-9H2,1-5H3. The largest absolute Gasteiger partial charge is 0.466 e. The van der Waals surface area contributed by atoms with Crippen molar-refractivity contribution in [1.82, 2.24) is 5.32 Å². The Morgan fingerprint density at radius 3 is 2.31 bits per heavy atom. The van der Waals surface area contributed by atoms with Gasteiger partial charge in [-0.05, 0) is 32.9 Å². The summed E-state index contributed by atoms with van der Waals surface area (Å²) in [4.78, 5) is 0. The molecular weight excluding hydrogens is 202 g/mol. The van der Waals surface area contributed by atoms with Crippen molar-refractivity contribution in [3.05, 3.63) is 23.7 Å². The van der Waals surface area contributed by atoms with Crippen molar-refractivity contribution in [2.75, 3.05) is 13.2 Å². The average molecular weight is 225 g/mol. The van der Waals surface area contributed by atoms with E-state index in [1.807, 2.05) is 32.9 Å². The van der Waals surface area contributed by atoms with Gasteiger partial charge in [-0.25, -0.2) is 0 Å². The molecule has 1 heterocycles. The Labute approximate surface area is 97.9 Å². The fourth-order valence-electron chi connectivity index (χ4n) is 1.40. The summed E-state index contributed by atoms with van der Waals surface area (Å²) in [6.45, 7) is 11.1. The molecule has 16 heavy (non-hydrogen) atoms. The maximum Gasteiger partial charge on any atom is 0.111 e. The summed E-state index contributed by atoms with van der Waals surface area (Å²) in [5.41, 5.74) is -0.320. The Balaban J connectivity index is 2.65. The van der Waals surface area contributed by atoms with Gasteiger partial charge in [0.1, 0.15) is 11.5 Å². The molecule has 0 radical (unpaired) electrons. The van der Waals surface area contributed by atoms with Crippen molar-refractivity contribution in [3.8, 4) is 0 Å². The number of rotatable bonds is 5. The zero-order chi connectivity index (χ0) is 12.4. The van der Waals surface area contributed by atoms with E-state index in [4.69, 9.17) is 4.42 Å². The normalized spacial score (nSPS) is 13.1. The highest BCUT2D eigenvalue weighted by atomic mass is 16.3. The molecule has 0 saturated carbocycles. The monoisotopic (exact) mass is 225 g/mol. The molecule has 3 heteroatoms. The summed E-state index contributed by atoms with van der Waals surface area (Å²) >= 11 is 0. The number of aryl methyl sites for hydroxylation is 1. The van der Waals surface area contributed by atoms with Crippen LogP contribution < -0.4 is 5.32 Å². The summed E-state index contributed by atoms with van der Waals surface area (Å²) in [6.07, 6.45) is 0. The number of hydrogen-bond donors (Lipinski definition) is 2. The molecule has 0 unspecified atom stereocenters. The summed E-state index contributed by atoms with van der Waals surface area (Å²) < 4.78 is 5.64. The lowest BCUT2D eigenvalue weighted by Crippen LogP contribution is -2.47. The van der Waals surface area contributed by atoms with Crippen LogP contribution in [0.15, 0.2) is 16.5 Å². The molecule has 1 aromatic rings. The van der Waals surface area contributed by atoms with E-state index < -0.39 is 0 Å². The Bertz CT molecular complexity index is 339. The van der Waals surface area contributed by atoms with Crippen LogP contribution in [0, 0.1) is 6.92 Å². The number of aliphatic hydroxyl groups is 1. The van der Waals surface area contributed by atoms with Gasteiger partial charge in [0, 0.05) is 17.5 Å². The lowest BCUT2D eigenvalue weighted by atomic mass is 9.89. The minimum Gasteiger partial charge on any atom is -0.466 e. The molecule has 0 aromatic carbocycles. The molecule has 0 amide bonds. The van der Waals surface area contributed by atoms with Crippen molar-refractivity contribution in [1.29, 1.82) is 0 Å². The second-order valence-electron chi connectivity index (χ2n) is 5.69. The van der Waals surface area contributed by atoms with E-state index in [2.05, 4.69) is 19.2 Å². The van der Waals surface area contributed by atoms with E-state index in [9.17, 15) is 5.11 Å². The fraction of sp³-hybridized carbons (Fsp3) is 0.692. The van der Waals surface area contributed by atoms with Crippen molar-refractivity contribution < 1.29 is 9.52 Å². The number of aliphatic hydroxyl groups excluding tert-OH is 1. The molecule has 0 bridgehead atoms. The lowest BCUT2D eigenvalue weighted by molar-refractivity contribution is 0.178. The smallest absolute Gasteiger partial charge is 0.111 e. The van der Waals surface area contributed by atoms with Crippen molar-refractivity contribution in [2.45, 2.75) is 45.6 Å². The van der Waals surface area contributed by atoms with Crippen LogP contribution in [0.4, 0.5) is 0 Å². The highest BCUT2D eigenvalue weighted by molar-refractivity contribution is 5.15. The maximum atomic E-state index is 9.18. The van der Waals surface area contributed by atoms with Gasteiger partial charge in [-0.15, -0.1) is 0 Å². The van der Waals surface area contributed by atoms with Gasteiger partial charge in [0.2, 0.25) is 0 Å². The van der Waals surface area contributed by atoms with Gasteiger partial charge in [0.15, 0.2) is 0 Å². The van der Waals surface area contributed by atoms with E-state index in [0.29, 0.717) is 0 Å². The zero-order valence-corrected chi connectivity index (χ0v) is 10.9. The highest BCUT2D eigenvalue weighted by Gasteiger charge is 2.27. The molecule has 0 fully saturated rings. The molecule has 0 aliphatic heterocycles. The SMILES string of the molecule is Cc1ccc(C(C)(C)CNC(C)(C)CO)o1. The molecule has 2 N–H and O–H groups in total. The molecule has 3 nitrogen and oxygen atoms in total. The highest BCUT2D eigenvalue weighted by Crippen LogP contribution is 2.24. The minimum atomic E-state index is -0.251. The van der Waals surface area contributed by atoms with Crippen molar-refractivity contribution >= 4 is 0 Å². The first-order chi connectivity index (χ1) is 7.27. The van der Waals surface area contributed by atoms with E-state index >= 15 is 0 Å². The Kier molecular flexibility index (Phi) is 3.81. The molecule has 0 spiro atoms. The Morgan fingerprint density at radius 1 is 1.25 bits per heavy atom. The number of hydrogen-bond acceptors (Lipinski definition) is 3. The van der Waals surface area contributed by atoms with Crippen LogP contribution >= 0.6 is 0 Å². The molecule has 1 aromatic heterocycles. The molecule has 0 aliphatic rings. The predicted molar refractivity (Wildman–Crippen MR) is 65.6 cm³/mol. The first-order valence-corrected chi connectivity index (χ1v) is 5.70. The first kappa shape index (κ1) is 13.3. The number of nitrogens with one attached hydrogen (secondary N) is 1. The van der Waals surface area contributed by atoms with Gasteiger partial charge in [-0.3, -0.25) is 0 Å². The molecule has 0 atom stereocenters. The van der Waals surface area contributed by atoms with Crippen LogP contribution in [0.3, 0.4) is 0 Å². The second kappa shape index (κ2) is 4.60. The minimum absolute atomic E-state index is 0.0688. The predicted octanol–water partition coefficient (Wildman–Crippen LogP) is 2.23. The Hall–Kier alpha value is -0.800. The first-order valence-electron chi connectivity index (χ1n) is 5.70. The topological polar surface area (TPSA) is 45.4 Å². The molecule has 92 valence electrons. The molecule has 0 aliphatic carbocycles.